The number of halogens is 2. The molecule has 2 unspecified atom stereocenters. The van der Waals surface area contributed by atoms with Crippen molar-refractivity contribution in [2.24, 2.45) is 5.73 Å². The number of carbonyl (C=O) groups excluding carboxylic acids is 1. The number of nitrogens with zero attached hydrogens (tertiary/aromatic N) is 2. The molecule has 0 radical (unpaired) electrons. The van der Waals surface area contributed by atoms with Crippen molar-refractivity contribution in [1.29, 1.82) is 0 Å². The maximum absolute atomic E-state index is 12.9. The zero-order chi connectivity index (χ0) is 17.3. The van der Waals surface area contributed by atoms with Gasteiger partial charge >= 0.3 is 0 Å². The van der Waals surface area contributed by atoms with E-state index in [0.29, 0.717) is 15.7 Å². The Morgan fingerprint density at radius 1 is 1.42 bits per heavy atom. The van der Waals surface area contributed by atoms with Gasteiger partial charge in [-0.05, 0) is 44.4 Å². The number of aromatic nitrogens is 1. The van der Waals surface area contributed by atoms with Gasteiger partial charge in [0.2, 0.25) is 0 Å². The summed E-state index contributed by atoms with van der Waals surface area (Å²) in [5.41, 5.74) is 7.30. The Labute approximate surface area is 155 Å². The van der Waals surface area contributed by atoms with E-state index >= 15 is 0 Å². The van der Waals surface area contributed by atoms with Crippen molar-refractivity contribution in [3.63, 3.8) is 0 Å². The van der Waals surface area contributed by atoms with E-state index in [2.05, 4.69) is 4.98 Å². The van der Waals surface area contributed by atoms with Gasteiger partial charge in [0.05, 0.1) is 5.02 Å². The third-order valence-electron chi connectivity index (χ3n) is 4.30. The summed E-state index contributed by atoms with van der Waals surface area (Å²) in [6, 6.07) is 5.30. The highest BCUT2D eigenvalue weighted by Crippen LogP contribution is 2.33. The van der Waals surface area contributed by atoms with E-state index in [9.17, 15) is 4.79 Å². The number of hydrogen-bond donors (Lipinski definition) is 1. The number of amides is 1. The normalized spacial score (nSPS) is 19.3. The highest BCUT2D eigenvalue weighted by molar-refractivity contribution is 7.13. The number of thiazole rings is 1. The zero-order valence-electron chi connectivity index (χ0n) is 13.3. The second kappa shape index (κ2) is 7.40. The third-order valence-corrected chi connectivity index (χ3v) is 5.73. The van der Waals surface area contributed by atoms with E-state index in [1.165, 1.54) is 11.3 Å². The Kier molecular flexibility index (Phi) is 5.45. The molecule has 128 valence electrons. The molecule has 1 amide bonds. The van der Waals surface area contributed by atoms with Crippen molar-refractivity contribution in [3.8, 4) is 10.6 Å². The number of likely N-dealkylation sites (tertiary alicyclic amines) is 1. The molecular weight excluding hydrogens is 365 g/mol. The second-order valence-corrected chi connectivity index (χ2v) is 7.78. The molecule has 1 aliphatic heterocycles. The molecule has 1 aliphatic rings. The lowest BCUT2D eigenvalue weighted by molar-refractivity contribution is 0.0578. The van der Waals surface area contributed by atoms with Gasteiger partial charge in [0.1, 0.15) is 10.7 Å². The molecule has 0 aliphatic carbocycles. The fourth-order valence-electron chi connectivity index (χ4n) is 3.06. The fourth-order valence-corrected chi connectivity index (χ4v) is 4.45. The van der Waals surface area contributed by atoms with Crippen LogP contribution in [0.3, 0.4) is 0 Å². The zero-order valence-corrected chi connectivity index (χ0v) is 15.7. The third kappa shape index (κ3) is 3.59. The summed E-state index contributed by atoms with van der Waals surface area (Å²) >= 11 is 13.6. The van der Waals surface area contributed by atoms with Gasteiger partial charge in [-0.1, -0.05) is 23.2 Å². The van der Waals surface area contributed by atoms with E-state index in [1.807, 2.05) is 17.9 Å². The minimum Gasteiger partial charge on any atom is -0.333 e. The van der Waals surface area contributed by atoms with Crippen molar-refractivity contribution in [2.45, 2.75) is 38.3 Å². The first-order valence-electron chi connectivity index (χ1n) is 7.95. The van der Waals surface area contributed by atoms with Gasteiger partial charge in [-0.3, -0.25) is 4.79 Å². The number of benzene rings is 1. The molecule has 0 spiro atoms. The molecule has 2 aromatic rings. The summed E-state index contributed by atoms with van der Waals surface area (Å²) in [5.74, 6) is -0.0513. The monoisotopic (exact) mass is 383 g/mol. The first kappa shape index (κ1) is 17.7. The number of hydrogen-bond acceptors (Lipinski definition) is 4. The van der Waals surface area contributed by atoms with Crippen LogP contribution in [0.15, 0.2) is 23.6 Å². The Bertz CT molecular complexity index is 747. The van der Waals surface area contributed by atoms with Gasteiger partial charge in [-0.25, -0.2) is 4.98 Å². The molecule has 7 heteroatoms. The van der Waals surface area contributed by atoms with Crippen molar-refractivity contribution in [2.75, 3.05) is 6.54 Å². The minimum absolute atomic E-state index is 0.0435. The maximum Gasteiger partial charge on any atom is 0.273 e. The van der Waals surface area contributed by atoms with E-state index in [1.54, 1.807) is 17.5 Å². The fraction of sp³-hybridized carbons (Fsp3) is 0.412. The van der Waals surface area contributed by atoms with Gasteiger partial charge in [0.15, 0.2) is 0 Å². The van der Waals surface area contributed by atoms with E-state index in [-0.39, 0.29) is 18.0 Å². The van der Waals surface area contributed by atoms with Crippen LogP contribution >= 0.6 is 34.5 Å². The highest BCUT2D eigenvalue weighted by Gasteiger charge is 2.31. The molecule has 4 nitrogen and oxygen atoms in total. The lowest BCUT2D eigenvalue weighted by Gasteiger charge is -2.37. The van der Waals surface area contributed by atoms with Crippen LogP contribution in [0.1, 0.15) is 36.7 Å². The lowest BCUT2D eigenvalue weighted by atomic mass is 9.96. The molecule has 1 aromatic heterocycles. The van der Waals surface area contributed by atoms with Crippen LogP contribution in [0.4, 0.5) is 0 Å². The Hall–Kier alpha value is -1.14. The smallest absolute Gasteiger partial charge is 0.273 e. The largest absolute Gasteiger partial charge is 0.333 e. The van der Waals surface area contributed by atoms with Crippen LogP contribution in [-0.4, -0.2) is 34.4 Å². The van der Waals surface area contributed by atoms with Crippen molar-refractivity contribution < 1.29 is 4.79 Å². The SMILES string of the molecule is CC(N)C1CCCCN1C(=O)c1csc(-c2ccc(Cl)cc2Cl)n1. The Balaban J connectivity index is 1.85. The van der Waals surface area contributed by atoms with Gasteiger partial charge in [-0.2, -0.15) is 0 Å². The lowest BCUT2D eigenvalue weighted by Crippen LogP contribution is -2.51. The van der Waals surface area contributed by atoms with E-state index < -0.39 is 0 Å². The number of rotatable bonds is 3. The second-order valence-electron chi connectivity index (χ2n) is 6.08. The number of carbonyl (C=O) groups is 1. The van der Waals surface area contributed by atoms with Crippen LogP contribution < -0.4 is 5.73 Å². The molecule has 0 saturated carbocycles. The predicted molar refractivity (Wildman–Crippen MR) is 99.9 cm³/mol. The molecule has 1 aromatic carbocycles. The topological polar surface area (TPSA) is 59.2 Å². The predicted octanol–water partition coefficient (Wildman–Crippen LogP) is 4.46. The minimum atomic E-state index is -0.0513. The summed E-state index contributed by atoms with van der Waals surface area (Å²) in [7, 11) is 0. The molecule has 2 atom stereocenters. The average molecular weight is 384 g/mol. The summed E-state index contributed by atoms with van der Waals surface area (Å²) < 4.78 is 0. The van der Waals surface area contributed by atoms with Gasteiger partial charge < -0.3 is 10.6 Å². The molecule has 24 heavy (non-hydrogen) atoms. The standard InChI is InChI=1S/C17H19Cl2N3OS/c1-10(20)15-4-2-3-7-22(15)17(23)14-9-24-16(21-14)12-6-5-11(18)8-13(12)19/h5-6,8-10,15H,2-4,7,20H2,1H3. The van der Waals surface area contributed by atoms with Gasteiger partial charge in [0.25, 0.3) is 5.91 Å². The van der Waals surface area contributed by atoms with Crippen molar-refractivity contribution >= 4 is 40.4 Å². The molecule has 1 fully saturated rings. The quantitative estimate of drug-likeness (QED) is 0.850. The van der Waals surface area contributed by atoms with Crippen LogP contribution in [0.2, 0.25) is 10.0 Å². The van der Waals surface area contributed by atoms with Gasteiger partial charge in [-0.15, -0.1) is 11.3 Å². The Morgan fingerprint density at radius 3 is 2.92 bits per heavy atom. The Morgan fingerprint density at radius 2 is 2.21 bits per heavy atom. The average Bonchev–Trinajstić information content (AvgIpc) is 3.03. The number of piperidine rings is 1. The van der Waals surface area contributed by atoms with Crippen molar-refractivity contribution in [3.05, 3.63) is 39.3 Å². The maximum atomic E-state index is 12.9. The summed E-state index contributed by atoms with van der Waals surface area (Å²) in [6.45, 7) is 2.69. The van der Waals surface area contributed by atoms with Crippen molar-refractivity contribution in [1.82, 2.24) is 9.88 Å². The molecule has 1 saturated heterocycles. The molecule has 2 heterocycles. The van der Waals surface area contributed by atoms with Crippen LogP contribution in [0.25, 0.3) is 10.6 Å². The summed E-state index contributed by atoms with van der Waals surface area (Å²) in [6.07, 6.45) is 3.07. The molecule has 0 bridgehead atoms. The van der Waals surface area contributed by atoms with Crippen LogP contribution in [0, 0.1) is 0 Å². The van der Waals surface area contributed by atoms with Crippen LogP contribution in [0.5, 0.6) is 0 Å². The molecule has 2 N–H and O–H groups in total. The van der Waals surface area contributed by atoms with E-state index in [4.69, 9.17) is 28.9 Å². The van der Waals surface area contributed by atoms with Crippen LogP contribution in [-0.2, 0) is 0 Å². The number of nitrogens with two attached hydrogens (primary N) is 1. The summed E-state index contributed by atoms with van der Waals surface area (Å²) in [5, 5.41) is 3.61. The summed E-state index contributed by atoms with van der Waals surface area (Å²) in [4.78, 5) is 19.2. The van der Waals surface area contributed by atoms with Gasteiger partial charge in [0, 0.05) is 34.6 Å². The first-order valence-corrected chi connectivity index (χ1v) is 9.58. The van der Waals surface area contributed by atoms with E-state index in [0.717, 1.165) is 36.4 Å². The molecule has 3 rings (SSSR count). The highest BCUT2D eigenvalue weighted by atomic mass is 35.5. The first-order chi connectivity index (χ1) is 11.5. The molecular formula is C17H19Cl2N3OS.